The number of nitro benzene ring substituents is 1. The van der Waals surface area contributed by atoms with Gasteiger partial charge >= 0.3 is 0 Å². The summed E-state index contributed by atoms with van der Waals surface area (Å²) in [4.78, 5) is 24.4. The van der Waals surface area contributed by atoms with Crippen molar-refractivity contribution in [3.05, 3.63) is 86.9 Å². The molecule has 0 aliphatic rings. The quantitative estimate of drug-likeness (QED) is 0.368. The molecule has 30 heavy (non-hydrogen) atoms. The first-order valence-electron chi connectivity index (χ1n) is 9.16. The molecule has 0 aliphatic carbocycles. The highest BCUT2D eigenvalue weighted by Gasteiger charge is 2.17. The number of halogens is 1. The zero-order valence-corrected chi connectivity index (χ0v) is 16.6. The fourth-order valence-electron chi connectivity index (χ4n) is 2.97. The molecule has 0 aliphatic heterocycles. The second-order valence-electron chi connectivity index (χ2n) is 6.59. The fraction of sp³-hybridized carbons (Fsp3) is 0.0952. The third kappa shape index (κ3) is 3.85. The predicted molar refractivity (Wildman–Crippen MR) is 114 cm³/mol. The molecule has 150 valence electrons. The Kier molecular flexibility index (Phi) is 5.16. The topological polar surface area (TPSA) is 103 Å². The highest BCUT2D eigenvalue weighted by atomic mass is 35.5. The van der Waals surface area contributed by atoms with Crippen molar-refractivity contribution in [1.82, 2.24) is 15.0 Å². The van der Waals surface area contributed by atoms with Gasteiger partial charge in [-0.25, -0.2) is 0 Å². The number of nitrogens with zero attached hydrogens (tertiary/aromatic N) is 4. The number of anilines is 1. The molecule has 1 heterocycles. The van der Waals surface area contributed by atoms with Gasteiger partial charge in [0.05, 0.1) is 10.6 Å². The summed E-state index contributed by atoms with van der Waals surface area (Å²) in [6, 6.07) is 17.0. The van der Waals surface area contributed by atoms with Gasteiger partial charge in [-0.15, -0.1) is 10.2 Å². The van der Waals surface area contributed by atoms with Gasteiger partial charge in [0.15, 0.2) is 0 Å². The average Bonchev–Trinajstić information content (AvgIpc) is 3.17. The molecule has 1 aromatic heterocycles. The standard InChI is InChI=1S/C21H16ClN5O3/c1-2-13-3-7-16(8-4-13)26-24-18-10-6-15(12-19(18)25-26)23-21(28)14-5-9-17(22)20(11-14)27(29)30/h3-12H,2H2,1H3,(H,23,28). The van der Waals surface area contributed by atoms with Gasteiger partial charge in [0.1, 0.15) is 16.1 Å². The lowest BCUT2D eigenvalue weighted by atomic mass is 10.2. The van der Waals surface area contributed by atoms with Crippen molar-refractivity contribution in [2.75, 3.05) is 5.32 Å². The summed E-state index contributed by atoms with van der Waals surface area (Å²) in [6.07, 6.45) is 0.953. The van der Waals surface area contributed by atoms with Crippen LogP contribution in [0.1, 0.15) is 22.8 Å². The molecule has 4 rings (SSSR count). The van der Waals surface area contributed by atoms with Crippen LogP contribution in [0.2, 0.25) is 5.02 Å². The minimum atomic E-state index is -0.628. The van der Waals surface area contributed by atoms with E-state index in [9.17, 15) is 14.9 Å². The lowest BCUT2D eigenvalue weighted by Gasteiger charge is -2.05. The predicted octanol–water partition coefficient (Wildman–Crippen LogP) is 4.80. The van der Waals surface area contributed by atoms with Crippen LogP contribution in [0, 0.1) is 10.1 Å². The summed E-state index contributed by atoms with van der Waals surface area (Å²) in [7, 11) is 0. The summed E-state index contributed by atoms with van der Waals surface area (Å²) in [5, 5.41) is 22.7. The van der Waals surface area contributed by atoms with E-state index in [1.165, 1.54) is 22.5 Å². The van der Waals surface area contributed by atoms with E-state index in [2.05, 4.69) is 22.4 Å². The van der Waals surface area contributed by atoms with Gasteiger partial charge in [0.2, 0.25) is 0 Å². The number of carbonyl (C=O) groups excluding carboxylic acids is 1. The Morgan fingerprint density at radius 3 is 2.50 bits per heavy atom. The van der Waals surface area contributed by atoms with Gasteiger partial charge in [-0.3, -0.25) is 14.9 Å². The number of hydrogen-bond donors (Lipinski definition) is 1. The van der Waals surface area contributed by atoms with Crippen LogP contribution < -0.4 is 5.32 Å². The summed E-state index contributed by atoms with van der Waals surface area (Å²) >= 11 is 5.80. The number of benzene rings is 3. The minimum Gasteiger partial charge on any atom is -0.322 e. The molecule has 0 fully saturated rings. The second kappa shape index (κ2) is 7.92. The minimum absolute atomic E-state index is 0.0263. The largest absolute Gasteiger partial charge is 0.322 e. The third-order valence-electron chi connectivity index (χ3n) is 4.62. The number of aromatic nitrogens is 3. The average molecular weight is 422 g/mol. The highest BCUT2D eigenvalue weighted by Crippen LogP contribution is 2.26. The second-order valence-corrected chi connectivity index (χ2v) is 7.00. The van der Waals surface area contributed by atoms with Crippen molar-refractivity contribution in [3.63, 3.8) is 0 Å². The van der Waals surface area contributed by atoms with Gasteiger partial charge in [-0.2, -0.15) is 4.80 Å². The van der Waals surface area contributed by atoms with E-state index >= 15 is 0 Å². The van der Waals surface area contributed by atoms with Crippen molar-refractivity contribution in [3.8, 4) is 5.69 Å². The number of fused-ring (bicyclic) bond motifs is 1. The highest BCUT2D eigenvalue weighted by molar-refractivity contribution is 6.32. The zero-order chi connectivity index (χ0) is 21.3. The molecular weight excluding hydrogens is 406 g/mol. The van der Waals surface area contributed by atoms with Crippen molar-refractivity contribution in [2.24, 2.45) is 0 Å². The third-order valence-corrected chi connectivity index (χ3v) is 4.94. The van der Waals surface area contributed by atoms with Crippen molar-refractivity contribution in [2.45, 2.75) is 13.3 Å². The molecule has 4 aromatic rings. The number of amides is 1. The van der Waals surface area contributed by atoms with Gasteiger partial charge in [-0.05, 0) is 54.4 Å². The van der Waals surface area contributed by atoms with E-state index in [1.54, 1.807) is 18.2 Å². The van der Waals surface area contributed by atoms with Crippen LogP contribution in [-0.2, 0) is 6.42 Å². The van der Waals surface area contributed by atoms with E-state index in [4.69, 9.17) is 11.6 Å². The normalized spacial score (nSPS) is 10.9. The van der Waals surface area contributed by atoms with E-state index in [1.807, 2.05) is 24.3 Å². The first-order valence-corrected chi connectivity index (χ1v) is 9.54. The van der Waals surface area contributed by atoms with Gasteiger partial charge in [0, 0.05) is 17.3 Å². The van der Waals surface area contributed by atoms with E-state index < -0.39 is 10.8 Å². The Morgan fingerprint density at radius 1 is 1.07 bits per heavy atom. The maximum absolute atomic E-state index is 12.5. The Labute approximate surface area is 176 Å². The van der Waals surface area contributed by atoms with Crippen LogP contribution >= 0.6 is 11.6 Å². The Hall–Kier alpha value is -3.78. The number of hydrogen-bond acceptors (Lipinski definition) is 5. The van der Waals surface area contributed by atoms with Gasteiger partial charge < -0.3 is 5.32 Å². The van der Waals surface area contributed by atoms with Crippen LogP contribution in [0.4, 0.5) is 11.4 Å². The molecule has 0 bridgehead atoms. The molecule has 1 N–H and O–H groups in total. The lowest BCUT2D eigenvalue weighted by Crippen LogP contribution is -2.12. The maximum atomic E-state index is 12.5. The van der Waals surface area contributed by atoms with Crippen LogP contribution in [0.5, 0.6) is 0 Å². The van der Waals surface area contributed by atoms with Crippen LogP contribution in [0.25, 0.3) is 16.7 Å². The van der Waals surface area contributed by atoms with Crippen molar-refractivity contribution < 1.29 is 9.72 Å². The molecule has 0 unspecified atom stereocenters. The van der Waals surface area contributed by atoms with E-state index in [0.717, 1.165) is 18.2 Å². The fourth-order valence-corrected chi connectivity index (χ4v) is 3.16. The first kappa shape index (κ1) is 19.5. The molecular formula is C21H16ClN5O3. The number of aryl methyl sites for hydroxylation is 1. The molecule has 0 spiro atoms. The number of nitro groups is 1. The molecule has 0 saturated heterocycles. The van der Waals surface area contributed by atoms with Gasteiger partial charge in [-0.1, -0.05) is 30.7 Å². The number of nitrogens with one attached hydrogen (secondary N) is 1. The van der Waals surface area contributed by atoms with Crippen LogP contribution in [0.15, 0.2) is 60.7 Å². The summed E-state index contributed by atoms with van der Waals surface area (Å²) < 4.78 is 0. The van der Waals surface area contributed by atoms with Crippen molar-refractivity contribution in [1.29, 1.82) is 0 Å². The van der Waals surface area contributed by atoms with Crippen LogP contribution in [-0.4, -0.2) is 25.8 Å². The molecule has 8 nitrogen and oxygen atoms in total. The van der Waals surface area contributed by atoms with E-state index in [-0.39, 0.29) is 16.3 Å². The molecule has 9 heteroatoms. The van der Waals surface area contributed by atoms with Gasteiger partial charge in [0.25, 0.3) is 11.6 Å². The SMILES string of the molecule is CCc1ccc(-n2nc3ccc(NC(=O)c4ccc(Cl)c([N+](=O)[O-])c4)cc3n2)cc1. The summed E-state index contributed by atoms with van der Waals surface area (Å²) in [5.74, 6) is -0.489. The summed E-state index contributed by atoms with van der Waals surface area (Å²) in [5.41, 5.74) is 3.65. The Morgan fingerprint density at radius 2 is 1.80 bits per heavy atom. The Bertz CT molecular complexity index is 1270. The molecule has 0 atom stereocenters. The first-order chi connectivity index (χ1) is 14.4. The van der Waals surface area contributed by atoms with Crippen LogP contribution in [0.3, 0.4) is 0 Å². The monoisotopic (exact) mass is 421 g/mol. The summed E-state index contributed by atoms with van der Waals surface area (Å²) in [6.45, 7) is 2.09. The molecule has 3 aromatic carbocycles. The lowest BCUT2D eigenvalue weighted by molar-refractivity contribution is -0.384. The van der Waals surface area contributed by atoms with Crippen molar-refractivity contribution >= 4 is 39.9 Å². The number of rotatable bonds is 5. The smallest absolute Gasteiger partial charge is 0.288 e. The Balaban J connectivity index is 1.58. The number of carbonyl (C=O) groups is 1. The van der Waals surface area contributed by atoms with E-state index in [0.29, 0.717) is 16.7 Å². The molecule has 0 radical (unpaired) electrons. The zero-order valence-electron chi connectivity index (χ0n) is 15.9. The molecule has 1 amide bonds. The maximum Gasteiger partial charge on any atom is 0.288 e. The molecule has 0 saturated carbocycles.